The summed E-state index contributed by atoms with van der Waals surface area (Å²) in [6.07, 6.45) is 0. The Kier molecular flexibility index (Phi) is 4.68. The van der Waals surface area contributed by atoms with Crippen LogP contribution in [0.1, 0.15) is 11.3 Å². The van der Waals surface area contributed by atoms with Gasteiger partial charge < -0.3 is 4.74 Å². The third-order valence-electron chi connectivity index (χ3n) is 2.57. The van der Waals surface area contributed by atoms with Crippen molar-refractivity contribution in [2.45, 2.75) is 12.5 Å². The second-order valence-electron chi connectivity index (χ2n) is 3.76. The lowest BCUT2D eigenvalue weighted by Crippen LogP contribution is -2.02. The van der Waals surface area contributed by atoms with Crippen LogP contribution in [0.5, 0.6) is 0 Å². The molecule has 0 aliphatic rings. The van der Waals surface area contributed by atoms with Crippen LogP contribution in [0.4, 0.5) is 4.39 Å². The lowest BCUT2D eigenvalue weighted by atomic mass is 10.3. The Morgan fingerprint density at radius 2 is 2.11 bits per heavy atom. The minimum Gasteiger partial charge on any atom is -0.378 e. The molecule has 2 aromatic rings. The van der Waals surface area contributed by atoms with Crippen LogP contribution in [0.25, 0.3) is 5.69 Å². The molecule has 0 saturated carbocycles. The fourth-order valence-corrected chi connectivity index (χ4v) is 2.59. The molecule has 0 aliphatic heterocycles. The molecular formula is C12H10Cl3FN2O. The maximum Gasteiger partial charge on any atom is 0.150 e. The molecule has 19 heavy (non-hydrogen) atoms. The van der Waals surface area contributed by atoms with Crippen molar-refractivity contribution in [1.82, 2.24) is 9.78 Å². The average molecular weight is 324 g/mol. The van der Waals surface area contributed by atoms with Crippen LogP contribution in [-0.2, 0) is 17.2 Å². The molecule has 1 heterocycles. The Morgan fingerprint density at radius 3 is 2.68 bits per heavy atom. The van der Waals surface area contributed by atoms with E-state index in [4.69, 9.17) is 39.5 Å². The van der Waals surface area contributed by atoms with Crippen molar-refractivity contribution < 1.29 is 9.13 Å². The normalized spacial score (nSPS) is 11.0. The number of rotatable bonds is 4. The van der Waals surface area contributed by atoms with Crippen molar-refractivity contribution >= 4 is 34.8 Å². The number of para-hydroxylation sites is 1. The first-order valence-electron chi connectivity index (χ1n) is 5.35. The van der Waals surface area contributed by atoms with Crippen LogP contribution >= 0.6 is 34.8 Å². The summed E-state index contributed by atoms with van der Waals surface area (Å²) in [7, 11) is 1.53. The van der Waals surface area contributed by atoms with Gasteiger partial charge in [0.1, 0.15) is 16.7 Å². The van der Waals surface area contributed by atoms with E-state index in [1.807, 2.05) is 0 Å². The van der Waals surface area contributed by atoms with Gasteiger partial charge in [0.15, 0.2) is 0 Å². The van der Waals surface area contributed by atoms with Gasteiger partial charge in [0, 0.05) is 12.7 Å². The number of hydrogen-bond donors (Lipinski definition) is 0. The van der Waals surface area contributed by atoms with Crippen molar-refractivity contribution in [3.63, 3.8) is 0 Å². The van der Waals surface area contributed by atoms with Crippen molar-refractivity contribution in [2.75, 3.05) is 7.11 Å². The van der Waals surface area contributed by atoms with Crippen LogP contribution in [0.3, 0.4) is 0 Å². The zero-order valence-electron chi connectivity index (χ0n) is 9.96. The molecule has 2 rings (SSSR count). The second-order valence-corrected chi connectivity index (χ2v) is 4.80. The fourth-order valence-electron chi connectivity index (χ4n) is 1.70. The number of ether oxygens (including phenoxy) is 1. The third-order valence-corrected chi connectivity index (χ3v) is 3.53. The summed E-state index contributed by atoms with van der Waals surface area (Å²) in [6.45, 7) is 0.237. The van der Waals surface area contributed by atoms with Crippen LogP contribution in [-0.4, -0.2) is 16.9 Å². The first-order valence-corrected chi connectivity index (χ1v) is 6.64. The first kappa shape index (κ1) is 14.6. The van der Waals surface area contributed by atoms with Gasteiger partial charge in [-0.2, -0.15) is 5.10 Å². The third kappa shape index (κ3) is 2.72. The minimum atomic E-state index is -0.512. The molecule has 1 aromatic heterocycles. The van der Waals surface area contributed by atoms with Gasteiger partial charge in [0.05, 0.1) is 23.2 Å². The van der Waals surface area contributed by atoms with Gasteiger partial charge in [-0.05, 0) is 12.1 Å². The van der Waals surface area contributed by atoms with Crippen LogP contribution in [0, 0.1) is 5.82 Å². The molecule has 0 unspecified atom stereocenters. The number of alkyl halides is 1. The average Bonchev–Trinajstić information content (AvgIpc) is 2.66. The van der Waals surface area contributed by atoms with E-state index in [9.17, 15) is 4.39 Å². The van der Waals surface area contributed by atoms with Gasteiger partial charge in [-0.25, -0.2) is 9.07 Å². The standard InChI is InChI=1S/C12H10Cl3FN2O/c1-19-6-10-7(5-13)12(15)18(17-10)11-8(14)3-2-4-9(11)16/h2-4H,5-6H2,1H3. The SMILES string of the molecule is COCc1nn(-c2c(F)cccc2Cl)c(Cl)c1CCl. The second kappa shape index (κ2) is 6.09. The van der Waals surface area contributed by atoms with Crippen molar-refractivity contribution in [1.29, 1.82) is 0 Å². The van der Waals surface area contributed by atoms with Gasteiger partial charge in [-0.1, -0.05) is 29.3 Å². The minimum absolute atomic E-state index is 0.0999. The maximum atomic E-state index is 13.9. The Hall–Kier alpha value is -0.810. The van der Waals surface area contributed by atoms with E-state index in [1.54, 1.807) is 6.07 Å². The Bertz CT molecular complexity index is 581. The van der Waals surface area contributed by atoms with Crippen LogP contribution < -0.4 is 0 Å². The molecule has 102 valence electrons. The van der Waals surface area contributed by atoms with E-state index < -0.39 is 5.82 Å². The number of benzene rings is 1. The van der Waals surface area contributed by atoms with Gasteiger partial charge in [-0.15, -0.1) is 11.6 Å². The lowest BCUT2D eigenvalue weighted by Gasteiger charge is -2.06. The van der Waals surface area contributed by atoms with Gasteiger partial charge in [0.2, 0.25) is 0 Å². The Balaban J connectivity index is 2.63. The van der Waals surface area contributed by atoms with Crippen LogP contribution in [0.15, 0.2) is 18.2 Å². The zero-order chi connectivity index (χ0) is 14.0. The largest absolute Gasteiger partial charge is 0.378 e. The monoisotopic (exact) mass is 322 g/mol. The topological polar surface area (TPSA) is 27.1 Å². The smallest absolute Gasteiger partial charge is 0.150 e. The predicted molar refractivity (Wildman–Crippen MR) is 73.8 cm³/mol. The molecule has 1 aromatic carbocycles. The molecule has 0 atom stereocenters. The molecule has 0 aliphatic carbocycles. The number of methoxy groups -OCH3 is 1. The fraction of sp³-hybridized carbons (Fsp3) is 0.250. The number of nitrogens with zero attached hydrogens (tertiary/aromatic N) is 2. The van der Waals surface area contributed by atoms with Gasteiger partial charge in [-0.3, -0.25) is 0 Å². The number of hydrogen-bond acceptors (Lipinski definition) is 2. The van der Waals surface area contributed by atoms with E-state index in [2.05, 4.69) is 5.10 Å². The quantitative estimate of drug-likeness (QED) is 0.788. The van der Waals surface area contributed by atoms with Crippen molar-refractivity contribution in [3.05, 3.63) is 45.4 Å². The van der Waals surface area contributed by atoms with Crippen molar-refractivity contribution in [2.24, 2.45) is 0 Å². The van der Waals surface area contributed by atoms with Gasteiger partial charge in [0.25, 0.3) is 0 Å². The zero-order valence-corrected chi connectivity index (χ0v) is 12.2. The molecule has 0 spiro atoms. The molecule has 3 nitrogen and oxygen atoms in total. The molecule has 0 fully saturated rings. The number of halogens is 4. The molecular weight excluding hydrogens is 314 g/mol. The predicted octanol–water partition coefficient (Wildman–Crippen LogP) is 4.20. The molecule has 0 bridgehead atoms. The summed E-state index contributed by atoms with van der Waals surface area (Å²) in [5, 5.41) is 4.66. The van der Waals surface area contributed by atoms with E-state index in [0.717, 1.165) is 0 Å². The van der Waals surface area contributed by atoms with Crippen molar-refractivity contribution in [3.8, 4) is 5.69 Å². The number of aromatic nitrogens is 2. The Morgan fingerprint density at radius 1 is 1.37 bits per heavy atom. The summed E-state index contributed by atoms with van der Waals surface area (Å²) in [4.78, 5) is 0. The van der Waals surface area contributed by atoms with E-state index in [0.29, 0.717) is 11.3 Å². The lowest BCUT2D eigenvalue weighted by molar-refractivity contribution is 0.180. The van der Waals surface area contributed by atoms with Gasteiger partial charge >= 0.3 is 0 Å². The highest BCUT2D eigenvalue weighted by Gasteiger charge is 2.20. The maximum absolute atomic E-state index is 13.9. The molecule has 0 N–H and O–H groups in total. The Labute approximate surface area is 124 Å². The highest BCUT2D eigenvalue weighted by molar-refractivity contribution is 6.33. The summed E-state index contributed by atoms with van der Waals surface area (Å²) >= 11 is 18.0. The molecule has 0 radical (unpaired) electrons. The molecule has 0 saturated heterocycles. The van der Waals surface area contributed by atoms with E-state index in [1.165, 1.54) is 23.9 Å². The molecule has 0 amide bonds. The summed E-state index contributed by atoms with van der Waals surface area (Å²) in [5.41, 5.74) is 1.26. The first-order chi connectivity index (χ1) is 9.10. The summed E-state index contributed by atoms with van der Waals surface area (Å²) < 4.78 is 20.1. The highest BCUT2D eigenvalue weighted by atomic mass is 35.5. The van der Waals surface area contributed by atoms with E-state index >= 15 is 0 Å². The van der Waals surface area contributed by atoms with Crippen LogP contribution in [0.2, 0.25) is 10.2 Å². The highest BCUT2D eigenvalue weighted by Crippen LogP contribution is 2.30. The molecule has 7 heteroatoms. The summed E-state index contributed by atoms with van der Waals surface area (Å²) in [6, 6.07) is 4.36. The summed E-state index contributed by atoms with van der Waals surface area (Å²) in [5.74, 6) is -0.356. The van der Waals surface area contributed by atoms with E-state index in [-0.39, 0.29) is 28.4 Å².